The summed E-state index contributed by atoms with van der Waals surface area (Å²) in [6.07, 6.45) is 1.41. The average molecular weight is 372 g/mol. The van der Waals surface area contributed by atoms with Crippen LogP contribution in [-0.2, 0) is 0 Å². The highest BCUT2D eigenvalue weighted by molar-refractivity contribution is 9.09. The van der Waals surface area contributed by atoms with Crippen molar-refractivity contribution in [3.05, 3.63) is 30.3 Å². The van der Waals surface area contributed by atoms with Crippen LogP contribution >= 0.6 is 15.9 Å². The molecule has 0 aromatic heterocycles. The smallest absolute Gasteiger partial charge is 0.307 e. The number of nitrogens with one attached hydrogen (secondary N) is 2. The second-order valence-corrected chi connectivity index (χ2v) is 8.89. The predicted molar refractivity (Wildman–Crippen MR) is 91.3 cm³/mol. The van der Waals surface area contributed by atoms with Crippen molar-refractivity contribution in [2.45, 2.75) is 11.2 Å². The van der Waals surface area contributed by atoms with E-state index in [0.29, 0.717) is 16.7 Å². The summed E-state index contributed by atoms with van der Waals surface area (Å²) in [5.41, 5.74) is 4.86. The molecule has 2 N–H and O–H groups in total. The van der Waals surface area contributed by atoms with Gasteiger partial charge in [0.05, 0.1) is 0 Å². The van der Waals surface area contributed by atoms with Crippen LogP contribution in [0.25, 0.3) is 0 Å². The molecule has 6 fully saturated rings. The van der Waals surface area contributed by atoms with Crippen LogP contribution < -0.4 is 10.7 Å². The van der Waals surface area contributed by atoms with Gasteiger partial charge in [-0.3, -0.25) is 0 Å². The molecule has 6 aliphatic rings. The lowest BCUT2D eigenvalue weighted by Gasteiger charge is -2.32. The Kier molecular flexibility index (Phi) is 2.36. The number of alkyl halides is 1. The summed E-state index contributed by atoms with van der Waals surface area (Å²) in [6, 6.07) is 9.28. The fourth-order valence-corrected chi connectivity index (χ4v) is 8.60. The molecule has 9 atom stereocenters. The Labute approximate surface area is 143 Å². The van der Waals surface area contributed by atoms with Crippen LogP contribution in [0.4, 0.5) is 10.5 Å². The molecule has 6 aliphatic carbocycles. The largest absolute Gasteiger partial charge is 0.339 e. The van der Waals surface area contributed by atoms with Gasteiger partial charge in [-0.15, -0.1) is 0 Å². The number of benzene rings is 1. The standard InChI is InChI=1S/C18H18BrN3O/c19-16-12-8-6-9-10(12)15-14(16)11(8)13(9)17(15)21-22-18(23)20-7-4-2-1-3-5-7/h1-5,8-16H,6H2,(H2,20,22,23)/b21-17-/t8-,9-,10+,11+,12-,13-,14-,15+,16+/m1/s1. The number of amides is 2. The van der Waals surface area contributed by atoms with Crippen LogP contribution in [0.15, 0.2) is 35.4 Å². The zero-order valence-corrected chi connectivity index (χ0v) is 14.1. The van der Waals surface area contributed by atoms with E-state index < -0.39 is 0 Å². The number of para-hydroxylation sites is 1. The summed E-state index contributed by atoms with van der Waals surface area (Å²) < 4.78 is 0. The molecule has 1 aromatic rings. The minimum Gasteiger partial charge on any atom is -0.307 e. The summed E-state index contributed by atoms with van der Waals surface area (Å²) in [5.74, 6) is 6.47. The van der Waals surface area contributed by atoms with Gasteiger partial charge in [-0.1, -0.05) is 34.1 Å². The van der Waals surface area contributed by atoms with Crippen LogP contribution in [0, 0.1) is 47.3 Å². The highest BCUT2D eigenvalue weighted by Gasteiger charge is 2.82. The lowest BCUT2D eigenvalue weighted by atomic mass is 9.71. The van der Waals surface area contributed by atoms with E-state index in [-0.39, 0.29) is 6.03 Å². The number of carbonyl (C=O) groups is 1. The Balaban J connectivity index is 1.24. The number of rotatable bonds is 2. The quantitative estimate of drug-likeness (QED) is 0.607. The number of carbonyl (C=O) groups excluding carboxylic acids is 1. The van der Waals surface area contributed by atoms with Gasteiger partial charge in [-0.05, 0) is 54.1 Å². The maximum absolute atomic E-state index is 12.1. The van der Waals surface area contributed by atoms with E-state index in [2.05, 4.69) is 31.8 Å². The zero-order valence-electron chi connectivity index (χ0n) is 12.5. The Bertz CT molecular complexity index is 733. The van der Waals surface area contributed by atoms with Crippen LogP contribution in [0.1, 0.15) is 6.42 Å². The first kappa shape index (κ1) is 13.0. The van der Waals surface area contributed by atoms with Crippen molar-refractivity contribution in [3.63, 3.8) is 0 Å². The van der Waals surface area contributed by atoms with Crippen LogP contribution in [0.2, 0.25) is 0 Å². The highest BCUT2D eigenvalue weighted by atomic mass is 79.9. The molecule has 2 amide bonds. The minimum atomic E-state index is -0.238. The first-order valence-electron chi connectivity index (χ1n) is 8.59. The molecule has 6 bridgehead atoms. The Morgan fingerprint density at radius 3 is 2.61 bits per heavy atom. The number of nitrogens with zero attached hydrogens (tertiary/aromatic N) is 1. The third kappa shape index (κ3) is 1.40. The molecule has 118 valence electrons. The Morgan fingerprint density at radius 2 is 1.83 bits per heavy atom. The first-order chi connectivity index (χ1) is 11.3. The first-order valence-corrected chi connectivity index (χ1v) is 9.51. The molecule has 6 saturated carbocycles. The maximum atomic E-state index is 12.1. The third-order valence-corrected chi connectivity index (χ3v) is 8.58. The second kappa shape index (κ2) is 4.18. The summed E-state index contributed by atoms with van der Waals surface area (Å²) >= 11 is 3.98. The van der Waals surface area contributed by atoms with Gasteiger partial charge in [-0.2, -0.15) is 5.10 Å². The summed E-state index contributed by atoms with van der Waals surface area (Å²) in [7, 11) is 0. The van der Waals surface area contributed by atoms with E-state index >= 15 is 0 Å². The van der Waals surface area contributed by atoms with Crippen molar-refractivity contribution in [2.75, 3.05) is 5.32 Å². The SMILES string of the molecule is O=C(N/N=C1/[C@@H]2[C@@H]3C[C@H]4[C@H]5[C@H](Br)[C@@H]([C@@H]1[C@@H]35)[C@@H]42)Nc1ccccc1. The number of halogens is 1. The lowest BCUT2D eigenvalue weighted by Crippen LogP contribution is -2.30. The molecule has 0 aliphatic heterocycles. The normalized spacial score (nSPS) is 51.3. The van der Waals surface area contributed by atoms with E-state index in [1.165, 1.54) is 12.1 Å². The average Bonchev–Trinajstić information content (AvgIpc) is 3.28. The van der Waals surface area contributed by atoms with Crippen LogP contribution in [0.3, 0.4) is 0 Å². The van der Waals surface area contributed by atoms with Crippen molar-refractivity contribution >= 4 is 33.4 Å². The molecule has 7 rings (SSSR count). The van der Waals surface area contributed by atoms with Gasteiger partial charge < -0.3 is 5.32 Å². The van der Waals surface area contributed by atoms with E-state index in [4.69, 9.17) is 0 Å². The molecule has 0 saturated heterocycles. The molecular formula is C18H18BrN3O. The van der Waals surface area contributed by atoms with E-state index in [9.17, 15) is 4.79 Å². The predicted octanol–water partition coefficient (Wildman–Crippen LogP) is 3.32. The molecular weight excluding hydrogens is 354 g/mol. The Morgan fingerprint density at radius 1 is 1.04 bits per heavy atom. The van der Waals surface area contributed by atoms with Crippen molar-refractivity contribution in [1.29, 1.82) is 0 Å². The number of anilines is 1. The summed E-state index contributed by atoms with van der Waals surface area (Å²) in [4.78, 5) is 12.8. The van der Waals surface area contributed by atoms with Gasteiger partial charge in [-0.25, -0.2) is 10.2 Å². The fourth-order valence-electron chi connectivity index (χ4n) is 7.17. The maximum Gasteiger partial charge on any atom is 0.339 e. The monoisotopic (exact) mass is 371 g/mol. The number of hydrazone groups is 1. The minimum absolute atomic E-state index is 0.238. The molecule has 0 unspecified atom stereocenters. The molecule has 0 radical (unpaired) electrons. The molecule has 23 heavy (non-hydrogen) atoms. The van der Waals surface area contributed by atoms with Crippen LogP contribution in [0.5, 0.6) is 0 Å². The summed E-state index contributed by atoms with van der Waals surface area (Å²) in [5, 5.41) is 7.45. The van der Waals surface area contributed by atoms with E-state index in [1.807, 2.05) is 30.3 Å². The van der Waals surface area contributed by atoms with E-state index in [1.54, 1.807) is 0 Å². The molecule has 1 aromatic carbocycles. The van der Waals surface area contributed by atoms with Gasteiger partial charge >= 0.3 is 6.03 Å². The van der Waals surface area contributed by atoms with Crippen molar-refractivity contribution in [3.8, 4) is 0 Å². The van der Waals surface area contributed by atoms with Gasteiger partial charge in [0.2, 0.25) is 0 Å². The van der Waals surface area contributed by atoms with Crippen molar-refractivity contribution in [1.82, 2.24) is 5.43 Å². The highest BCUT2D eigenvalue weighted by Crippen LogP contribution is 2.82. The lowest BCUT2D eigenvalue weighted by molar-refractivity contribution is 0.132. The number of hydrogen-bond donors (Lipinski definition) is 2. The van der Waals surface area contributed by atoms with Gasteiger partial charge in [0.15, 0.2) is 0 Å². The number of hydrogen-bond acceptors (Lipinski definition) is 2. The zero-order chi connectivity index (χ0) is 15.3. The second-order valence-electron chi connectivity index (χ2n) is 7.84. The molecule has 4 nitrogen and oxygen atoms in total. The third-order valence-electron chi connectivity index (χ3n) is 7.36. The Hall–Kier alpha value is -1.36. The topological polar surface area (TPSA) is 53.5 Å². The van der Waals surface area contributed by atoms with Crippen molar-refractivity contribution < 1.29 is 4.79 Å². The van der Waals surface area contributed by atoms with Gasteiger partial charge in [0, 0.05) is 28.1 Å². The van der Waals surface area contributed by atoms with Crippen molar-refractivity contribution in [2.24, 2.45) is 52.4 Å². The molecule has 0 heterocycles. The van der Waals surface area contributed by atoms with Crippen LogP contribution in [-0.4, -0.2) is 16.6 Å². The molecule has 0 spiro atoms. The summed E-state index contributed by atoms with van der Waals surface area (Å²) in [6.45, 7) is 0. The number of urea groups is 1. The van der Waals surface area contributed by atoms with Gasteiger partial charge in [0.1, 0.15) is 0 Å². The van der Waals surface area contributed by atoms with Gasteiger partial charge in [0.25, 0.3) is 0 Å². The fraction of sp³-hybridized carbons (Fsp3) is 0.556. The molecule has 5 heteroatoms. The van der Waals surface area contributed by atoms with E-state index in [0.717, 1.165) is 41.2 Å².